The van der Waals surface area contributed by atoms with E-state index in [0.717, 1.165) is 49.1 Å². The van der Waals surface area contributed by atoms with Crippen molar-refractivity contribution in [1.29, 1.82) is 0 Å². The molecule has 1 aliphatic heterocycles. The second-order valence-corrected chi connectivity index (χ2v) is 7.36. The minimum absolute atomic E-state index is 0.0359. The third-order valence-corrected chi connectivity index (χ3v) is 5.16. The molecule has 2 aromatic heterocycles. The molecule has 6 nitrogen and oxygen atoms in total. The first-order valence-electron chi connectivity index (χ1n) is 8.84. The van der Waals surface area contributed by atoms with Gasteiger partial charge in [0.1, 0.15) is 0 Å². The van der Waals surface area contributed by atoms with E-state index in [-0.39, 0.29) is 11.9 Å². The summed E-state index contributed by atoms with van der Waals surface area (Å²) in [6.45, 7) is 8.19. The zero-order chi connectivity index (χ0) is 16.8. The van der Waals surface area contributed by atoms with Crippen molar-refractivity contribution in [2.45, 2.75) is 58.0 Å². The fourth-order valence-electron chi connectivity index (χ4n) is 3.52. The normalized spacial score (nSPS) is 21.8. The zero-order valence-corrected chi connectivity index (χ0v) is 14.5. The number of carbonyl (C=O) groups is 1. The predicted molar refractivity (Wildman–Crippen MR) is 91.1 cm³/mol. The molecule has 6 heteroatoms. The second kappa shape index (κ2) is 5.84. The van der Waals surface area contributed by atoms with Gasteiger partial charge in [0.05, 0.1) is 16.6 Å². The molecule has 24 heavy (non-hydrogen) atoms. The molecule has 128 valence electrons. The number of amides is 1. The lowest BCUT2D eigenvalue weighted by atomic mass is 10.1. The lowest BCUT2D eigenvalue weighted by Gasteiger charge is -2.20. The summed E-state index contributed by atoms with van der Waals surface area (Å²) in [5.74, 6) is 0.431. The summed E-state index contributed by atoms with van der Waals surface area (Å²) in [5.41, 5.74) is 2.82. The van der Waals surface area contributed by atoms with Crippen molar-refractivity contribution in [3.05, 3.63) is 23.0 Å². The van der Waals surface area contributed by atoms with Crippen LogP contribution in [0.3, 0.4) is 0 Å². The van der Waals surface area contributed by atoms with Crippen molar-refractivity contribution >= 4 is 17.0 Å². The molecule has 0 aromatic carbocycles. The fraction of sp³-hybridized carbons (Fsp3) is 0.611. The van der Waals surface area contributed by atoms with Crippen molar-refractivity contribution in [1.82, 2.24) is 20.4 Å². The van der Waals surface area contributed by atoms with E-state index < -0.39 is 0 Å². The highest BCUT2D eigenvalue weighted by atomic mass is 16.5. The van der Waals surface area contributed by atoms with E-state index in [1.165, 1.54) is 0 Å². The predicted octanol–water partition coefficient (Wildman–Crippen LogP) is 2.62. The minimum Gasteiger partial charge on any atom is -0.348 e. The van der Waals surface area contributed by atoms with Gasteiger partial charge in [0.25, 0.3) is 11.6 Å². The molecule has 0 bridgehead atoms. The number of nitrogens with zero attached hydrogens (tertiary/aromatic N) is 3. The summed E-state index contributed by atoms with van der Waals surface area (Å²) < 4.78 is 5.33. The van der Waals surface area contributed by atoms with Gasteiger partial charge in [-0.3, -0.25) is 9.69 Å². The van der Waals surface area contributed by atoms with Crippen molar-refractivity contribution in [3.8, 4) is 0 Å². The highest BCUT2D eigenvalue weighted by Crippen LogP contribution is 2.40. The minimum atomic E-state index is -0.0359. The molecule has 1 aliphatic carbocycles. The van der Waals surface area contributed by atoms with Gasteiger partial charge in [-0.05, 0) is 46.1 Å². The lowest BCUT2D eigenvalue weighted by Crippen LogP contribution is -2.38. The number of nitrogens with one attached hydrogen (secondary N) is 1. The lowest BCUT2D eigenvalue weighted by molar-refractivity contribution is 0.0938. The molecule has 1 amide bonds. The van der Waals surface area contributed by atoms with E-state index in [1.807, 2.05) is 13.0 Å². The Bertz CT molecular complexity index is 779. The maximum absolute atomic E-state index is 12.9. The Morgan fingerprint density at radius 1 is 1.38 bits per heavy atom. The van der Waals surface area contributed by atoms with Crippen LogP contribution in [0.15, 0.2) is 10.6 Å². The number of hydrogen-bond acceptors (Lipinski definition) is 5. The number of rotatable bonds is 4. The molecule has 3 heterocycles. The number of aryl methyl sites for hydroxylation is 1. The van der Waals surface area contributed by atoms with E-state index >= 15 is 0 Å². The van der Waals surface area contributed by atoms with Gasteiger partial charge < -0.3 is 9.84 Å². The molecule has 1 saturated carbocycles. The topological polar surface area (TPSA) is 71.3 Å². The van der Waals surface area contributed by atoms with Crippen LogP contribution >= 0.6 is 0 Å². The zero-order valence-electron chi connectivity index (χ0n) is 14.5. The van der Waals surface area contributed by atoms with Gasteiger partial charge in [0.2, 0.25) is 0 Å². The molecular weight excluding hydrogens is 304 g/mol. The van der Waals surface area contributed by atoms with Crippen LogP contribution in [0.5, 0.6) is 0 Å². The summed E-state index contributed by atoms with van der Waals surface area (Å²) in [7, 11) is 0. The van der Waals surface area contributed by atoms with Crippen molar-refractivity contribution in [2.24, 2.45) is 0 Å². The molecule has 1 saturated heterocycles. The Labute approximate surface area is 141 Å². The summed E-state index contributed by atoms with van der Waals surface area (Å²) in [6, 6.07) is 2.66. The first-order chi connectivity index (χ1) is 11.5. The van der Waals surface area contributed by atoms with Crippen LogP contribution in [0.25, 0.3) is 11.1 Å². The quantitative estimate of drug-likeness (QED) is 0.934. The second-order valence-electron chi connectivity index (χ2n) is 7.36. The Balaban J connectivity index is 1.60. The molecule has 2 aliphatic rings. The van der Waals surface area contributed by atoms with E-state index in [4.69, 9.17) is 4.52 Å². The fourth-order valence-corrected chi connectivity index (χ4v) is 3.52. The van der Waals surface area contributed by atoms with Crippen LogP contribution in [0.1, 0.15) is 60.8 Å². The van der Waals surface area contributed by atoms with Gasteiger partial charge >= 0.3 is 0 Å². The summed E-state index contributed by atoms with van der Waals surface area (Å²) in [4.78, 5) is 19.9. The highest BCUT2D eigenvalue weighted by Gasteiger charge is 2.30. The van der Waals surface area contributed by atoms with Gasteiger partial charge in [-0.2, -0.15) is 0 Å². The first-order valence-corrected chi connectivity index (χ1v) is 8.84. The molecule has 1 atom stereocenters. The largest absolute Gasteiger partial charge is 0.348 e. The highest BCUT2D eigenvalue weighted by molar-refractivity contribution is 6.06. The van der Waals surface area contributed by atoms with Crippen LogP contribution < -0.4 is 5.32 Å². The van der Waals surface area contributed by atoms with Gasteiger partial charge in [-0.1, -0.05) is 5.16 Å². The van der Waals surface area contributed by atoms with Gasteiger partial charge in [0, 0.05) is 36.8 Å². The smallest absolute Gasteiger partial charge is 0.259 e. The van der Waals surface area contributed by atoms with Crippen molar-refractivity contribution < 1.29 is 9.32 Å². The number of fused-ring (bicyclic) bond motifs is 1. The SMILES string of the molecule is Cc1noc2nc(C3CC3)cc(C(=O)NC3CCN(C(C)C)C3)c12. The third-order valence-electron chi connectivity index (χ3n) is 5.16. The summed E-state index contributed by atoms with van der Waals surface area (Å²) >= 11 is 0. The Hall–Kier alpha value is -1.95. The summed E-state index contributed by atoms with van der Waals surface area (Å²) in [6.07, 6.45) is 3.27. The van der Waals surface area contributed by atoms with E-state index in [2.05, 4.69) is 34.2 Å². The maximum Gasteiger partial charge on any atom is 0.259 e. The average molecular weight is 328 g/mol. The first kappa shape index (κ1) is 15.6. The number of likely N-dealkylation sites (tertiary alicyclic amines) is 1. The van der Waals surface area contributed by atoms with Gasteiger partial charge in [-0.15, -0.1) is 0 Å². The summed E-state index contributed by atoms with van der Waals surface area (Å²) in [5, 5.41) is 7.94. The number of pyridine rings is 1. The van der Waals surface area contributed by atoms with Crippen LogP contribution in [0.2, 0.25) is 0 Å². The maximum atomic E-state index is 12.9. The van der Waals surface area contributed by atoms with Crippen LogP contribution in [-0.2, 0) is 0 Å². The molecule has 2 fully saturated rings. The Kier molecular flexibility index (Phi) is 3.79. The van der Waals surface area contributed by atoms with Crippen molar-refractivity contribution in [2.75, 3.05) is 13.1 Å². The molecule has 2 aromatic rings. The molecular formula is C18H24N4O2. The van der Waals surface area contributed by atoms with E-state index in [9.17, 15) is 4.79 Å². The van der Waals surface area contributed by atoms with Crippen LogP contribution in [0.4, 0.5) is 0 Å². The Morgan fingerprint density at radius 3 is 2.83 bits per heavy atom. The van der Waals surface area contributed by atoms with Crippen LogP contribution in [0, 0.1) is 6.92 Å². The monoisotopic (exact) mass is 328 g/mol. The Morgan fingerprint density at radius 2 is 2.17 bits per heavy atom. The van der Waals surface area contributed by atoms with E-state index in [1.54, 1.807) is 0 Å². The van der Waals surface area contributed by atoms with Gasteiger partial charge in [-0.25, -0.2) is 4.98 Å². The number of carbonyl (C=O) groups excluding carboxylic acids is 1. The third kappa shape index (κ3) is 2.79. The number of hydrogen-bond donors (Lipinski definition) is 1. The molecule has 1 N–H and O–H groups in total. The molecule has 1 unspecified atom stereocenters. The average Bonchev–Trinajstić information content (AvgIpc) is 3.19. The van der Waals surface area contributed by atoms with E-state index in [0.29, 0.717) is 23.2 Å². The molecule has 0 spiro atoms. The standard InChI is InChI=1S/C18H24N4O2/c1-10(2)22-7-6-13(9-22)19-17(23)14-8-15(12-4-5-12)20-18-16(14)11(3)21-24-18/h8,10,12-13H,4-7,9H2,1-3H3,(H,19,23). The van der Waals surface area contributed by atoms with Crippen molar-refractivity contribution in [3.63, 3.8) is 0 Å². The molecule has 0 radical (unpaired) electrons. The van der Waals surface area contributed by atoms with Crippen LogP contribution in [-0.4, -0.2) is 46.1 Å². The molecule has 4 rings (SSSR count). The number of aromatic nitrogens is 2. The van der Waals surface area contributed by atoms with Gasteiger partial charge in [0.15, 0.2) is 0 Å².